The summed E-state index contributed by atoms with van der Waals surface area (Å²) in [6.07, 6.45) is 6.41. The summed E-state index contributed by atoms with van der Waals surface area (Å²) < 4.78 is 5.96. The summed E-state index contributed by atoms with van der Waals surface area (Å²) in [7, 11) is 0. The van der Waals surface area contributed by atoms with Crippen molar-refractivity contribution in [1.29, 1.82) is 0 Å². The summed E-state index contributed by atoms with van der Waals surface area (Å²) in [5.74, 6) is 0.789. The van der Waals surface area contributed by atoms with Crippen molar-refractivity contribution >= 4 is 33.9 Å². The van der Waals surface area contributed by atoms with Crippen LogP contribution in [-0.2, 0) is 6.42 Å². The Hall–Kier alpha value is -4.12. The van der Waals surface area contributed by atoms with E-state index in [0.29, 0.717) is 22.9 Å². The highest BCUT2D eigenvalue weighted by atomic mass is 16.5. The minimum absolute atomic E-state index is 0.00864. The Morgan fingerprint density at radius 2 is 1.66 bits per heavy atom. The lowest BCUT2D eigenvalue weighted by Crippen LogP contribution is -2.20. The first-order chi connectivity index (χ1) is 17.1. The largest absolute Gasteiger partial charge is 0.505 e. The number of hydrogen-bond acceptors (Lipinski definition) is 5. The first kappa shape index (κ1) is 22.7. The molecule has 0 aromatic heterocycles. The normalized spacial score (nSPS) is 14.9. The lowest BCUT2D eigenvalue weighted by Gasteiger charge is -2.22. The smallest absolute Gasteiger partial charge is 0.151 e. The Morgan fingerprint density at radius 3 is 2.46 bits per heavy atom. The van der Waals surface area contributed by atoms with Crippen LogP contribution >= 0.6 is 0 Å². The van der Waals surface area contributed by atoms with Crippen LogP contribution in [0.4, 0.5) is 17.1 Å². The number of rotatable bonds is 7. The molecule has 0 fully saturated rings. The Morgan fingerprint density at radius 1 is 0.914 bits per heavy atom. The number of para-hydroxylation sites is 1. The third-order valence-corrected chi connectivity index (χ3v) is 6.08. The van der Waals surface area contributed by atoms with E-state index in [-0.39, 0.29) is 11.9 Å². The van der Waals surface area contributed by atoms with Crippen molar-refractivity contribution in [1.82, 2.24) is 0 Å². The Labute approximate surface area is 205 Å². The molecule has 1 aliphatic rings. The van der Waals surface area contributed by atoms with Gasteiger partial charge in [0.15, 0.2) is 5.75 Å². The molecule has 4 aromatic carbocycles. The molecule has 5 heteroatoms. The molecule has 1 heterocycles. The van der Waals surface area contributed by atoms with Crippen molar-refractivity contribution in [3.8, 4) is 11.5 Å². The van der Waals surface area contributed by atoms with Gasteiger partial charge in [-0.2, -0.15) is 5.11 Å². The molecule has 0 spiro atoms. The molecule has 5 rings (SSSR count). The third kappa shape index (κ3) is 5.19. The summed E-state index contributed by atoms with van der Waals surface area (Å²) in [6, 6.07) is 26.1. The fourth-order valence-electron chi connectivity index (χ4n) is 4.31. The summed E-state index contributed by atoms with van der Waals surface area (Å²) >= 11 is 0. The van der Waals surface area contributed by atoms with Crippen molar-refractivity contribution in [3.63, 3.8) is 0 Å². The Bertz CT molecular complexity index is 1390. The van der Waals surface area contributed by atoms with Crippen LogP contribution in [-0.4, -0.2) is 17.3 Å². The Balaban J connectivity index is 1.27. The monoisotopic (exact) mass is 463 g/mol. The molecule has 4 aromatic rings. The fourth-order valence-corrected chi connectivity index (χ4v) is 4.31. The number of azo groups is 1. The second-order valence-electron chi connectivity index (χ2n) is 9.06. The predicted molar refractivity (Wildman–Crippen MR) is 143 cm³/mol. The average molecular weight is 464 g/mol. The number of fused-ring (bicyclic) bond motifs is 2. The standard InChI is InChI=1S/C30H29N3O2/c1-20(2)35-29-19-28(30(34)26-9-5-4-8-25(26)29)33-32-24-16-12-21(13-17-24)11-15-23-18-14-22-7-3-6-10-27(22)31-23/h3-10,12-14,16-20,23,31,34H,11,15H2,1-2H3. The number of ether oxygens (including phenoxy) is 1. The SMILES string of the molecule is CC(C)Oc1cc(N=Nc2ccc(CCC3C=Cc4ccccc4N3)cc2)c(O)c2ccccc12. The number of benzene rings is 4. The van der Waals surface area contributed by atoms with E-state index in [0.717, 1.165) is 23.9 Å². The van der Waals surface area contributed by atoms with Crippen LogP contribution < -0.4 is 10.1 Å². The van der Waals surface area contributed by atoms with Gasteiger partial charge in [-0.25, -0.2) is 0 Å². The van der Waals surface area contributed by atoms with Crippen LogP contribution in [0.15, 0.2) is 95.2 Å². The first-order valence-corrected chi connectivity index (χ1v) is 12.0. The Kier molecular flexibility index (Phi) is 6.49. The zero-order chi connectivity index (χ0) is 24.2. The molecule has 0 saturated heterocycles. The highest BCUT2D eigenvalue weighted by Gasteiger charge is 2.14. The molecule has 5 nitrogen and oxygen atoms in total. The number of phenolic OH excluding ortho intramolecular Hbond substituents is 1. The van der Waals surface area contributed by atoms with E-state index in [4.69, 9.17) is 4.74 Å². The molecule has 0 radical (unpaired) electrons. The predicted octanol–water partition coefficient (Wildman–Crippen LogP) is 8.19. The number of hydrogen-bond donors (Lipinski definition) is 2. The number of phenols is 1. The summed E-state index contributed by atoms with van der Waals surface area (Å²) in [5.41, 5.74) is 4.80. The summed E-state index contributed by atoms with van der Waals surface area (Å²) in [4.78, 5) is 0. The van der Waals surface area contributed by atoms with E-state index in [2.05, 4.69) is 64.1 Å². The fraction of sp³-hybridized carbons (Fsp3) is 0.200. The molecule has 0 saturated carbocycles. The molecular formula is C30H29N3O2. The van der Waals surface area contributed by atoms with Gasteiger partial charge < -0.3 is 15.2 Å². The molecule has 176 valence electrons. The van der Waals surface area contributed by atoms with Crippen LogP contribution in [0.2, 0.25) is 0 Å². The number of nitrogens with one attached hydrogen (secondary N) is 1. The molecule has 0 amide bonds. The van der Waals surface area contributed by atoms with E-state index in [1.54, 1.807) is 6.07 Å². The quantitative estimate of drug-likeness (QED) is 0.272. The zero-order valence-corrected chi connectivity index (χ0v) is 20.0. The number of nitrogens with zero attached hydrogens (tertiary/aromatic N) is 2. The molecule has 35 heavy (non-hydrogen) atoms. The van der Waals surface area contributed by atoms with Crippen molar-refractivity contribution in [3.05, 3.63) is 96.1 Å². The highest BCUT2D eigenvalue weighted by Crippen LogP contribution is 2.41. The van der Waals surface area contributed by atoms with Gasteiger partial charge in [0.1, 0.15) is 11.4 Å². The topological polar surface area (TPSA) is 66.2 Å². The first-order valence-electron chi connectivity index (χ1n) is 12.0. The minimum Gasteiger partial charge on any atom is -0.505 e. The average Bonchev–Trinajstić information content (AvgIpc) is 2.88. The van der Waals surface area contributed by atoms with Gasteiger partial charge in [0.25, 0.3) is 0 Å². The molecule has 0 bridgehead atoms. The van der Waals surface area contributed by atoms with E-state index in [9.17, 15) is 5.11 Å². The number of aryl methyl sites for hydroxylation is 1. The number of anilines is 1. The minimum atomic E-state index is 0.00864. The molecule has 1 atom stereocenters. The summed E-state index contributed by atoms with van der Waals surface area (Å²) in [6.45, 7) is 3.95. The maximum Gasteiger partial charge on any atom is 0.151 e. The summed E-state index contributed by atoms with van der Waals surface area (Å²) in [5, 5.41) is 24.6. The van der Waals surface area contributed by atoms with Gasteiger partial charge in [-0.1, -0.05) is 66.7 Å². The lowest BCUT2D eigenvalue weighted by molar-refractivity contribution is 0.245. The maximum atomic E-state index is 10.8. The second kappa shape index (κ2) is 10.0. The van der Waals surface area contributed by atoms with Crippen LogP contribution in [0.25, 0.3) is 16.8 Å². The molecule has 1 aliphatic heterocycles. The molecule has 2 N–H and O–H groups in total. The lowest BCUT2D eigenvalue weighted by atomic mass is 10.00. The van der Waals surface area contributed by atoms with Gasteiger partial charge in [-0.05, 0) is 56.0 Å². The van der Waals surface area contributed by atoms with E-state index in [1.165, 1.54) is 16.8 Å². The second-order valence-corrected chi connectivity index (χ2v) is 9.06. The zero-order valence-electron chi connectivity index (χ0n) is 20.0. The molecule has 1 unspecified atom stereocenters. The van der Waals surface area contributed by atoms with Gasteiger partial charge in [-0.3, -0.25) is 0 Å². The van der Waals surface area contributed by atoms with E-state index < -0.39 is 0 Å². The van der Waals surface area contributed by atoms with Crippen molar-refractivity contribution < 1.29 is 9.84 Å². The van der Waals surface area contributed by atoms with Gasteiger partial charge >= 0.3 is 0 Å². The van der Waals surface area contributed by atoms with Crippen molar-refractivity contribution in [2.45, 2.75) is 38.8 Å². The van der Waals surface area contributed by atoms with Crippen LogP contribution in [0, 0.1) is 0 Å². The molecular weight excluding hydrogens is 434 g/mol. The van der Waals surface area contributed by atoms with Crippen molar-refractivity contribution in [2.75, 3.05) is 5.32 Å². The van der Waals surface area contributed by atoms with Crippen molar-refractivity contribution in [2.24, 2.45) is 10.2 Å². The van der Waals surface area contributed by atoms with Crippen LogP contribution in [0.5, 0.6) is 11.5 Å². The molecule has 0 aliphatic carbocycles. The van der Waals surface area contributed by atoms with Crippen LogP contribution in [0.1, 0.15) is 31.4 Å². The number of aromatic hydroxyl groups is 1. The van der Waals surface area contributed by atoms with Crippen LogP contribution in [0.3, 0.4) is 0 Å². The highest BCUT2D eigenvalue weighted by molar-refractivity contribution is 5.97. The maximum absolute atomic E-state index is 10.8. The van der Waals surface area contributed by atoms with E-state index >= 15 is 0 Å². The van der Waals surface area contributed by atoms with Gasteiger partial charge in [-0.15, -0.1) is 5.11 Å². The third-order valence-electron chi connectivity index (χ3n) is 6.08. The van der Waals surface area contributed by atoms with Gasteiger partial charge in [0.2, 0.25) is 0 Å². The van der Waals surface area contributed by atoms with Gasteiger partial charge in [0, 0.05) is 28.6 Å². The van der Waals surface area contributed by atoms with Gasteiger partial charge in [0.05, 0.1) is 11.8 Å². The van der Waals surface area contributed by atoms with E-state index in [1.807, 2.05) is 50.2 Å².